The second-order valence-electron chi connectivity index (χ2n) is 4.14. The van der Waals surface area contributed by atoms with Gasteiger partial charge in [0.1, 0.15) is 6.54 Å². The third kappa shape index (κ3) is 3.65. The molecule has 0 aliphatic carbocycles. The van der Waals surface area contributed by atoms with Gasteiger partial charge in [-0.05, 0) is 26.0 Å². The largest absolute Gasteiger partial charge is 0.480 e. The van der Waals surface area contributed by atoms with E-state index in [1.54, 1.807) is 38.1 Å². The van der Waals surface area contributed by atoms with Crippen molar-refractivity contribution in [3.8, 4) is 0 Å². The van der Waals surface area contributed by atoms with Crippen LogP contribution in [0.1, 0.15) is 13.8 Å². The number of hydrogen-bond donors (Lipinski definition) is 3. The summed E-state index contributed by atoms with van der Waals surface area (Å²) in [4.78, 5) is 23.9. The van der Waals surface area contributed by atoms with Crippen LogP contribution in [0.5, 0.6) is 0 Å². The van der Waals surface area contributed by atoms with E-state index in [0.717, 1.165) is 4.90 Å². The lowest BCUT2D eigenvalue weighted by Gasteiger charge is -2.23. The summed E-state index contributed by atoms with van der Waals surface area (Å²) in [6.45, 7) is 3.16. The number of urea groups is 1. The molecule has 0 bridgehead atoms. The van der Waals surface area contributed by atoms with E-state index in [0.29, 0.717) is 11.4 Å². The lowest BCUT2D eigenvalue weighted by molar-refractivity contribution is -0.135. The van der Waals surface area contributed by atoms with Crippen molar-refractivity contribution >= 4 is 23.4 Å². The van der Waals surface area contributed by atoms with Gasteiger partial charge in [-0.1, -0.05) is 12.1 Å². The molecule has 0 atom stereocenters. The maximum Gasteiger partial charge on any atom is 0.323 e. The maximum atomic E-state index is 11.9. The number of para-hydroxylation sites is 2. The Morgan fingerprint density at radius 3 is 2.50 bits per heavy atom. The summed E-state index contributed by atoms with van der Waals surface area (Å²) in [7, 11) is 0. The zero-order valence-corrected chi connectivity index (χ0v) is 10.4. The fourth-order valence-electron chi connectivity index (χ4n) is 1.46. The van der Waals surface area contributed by atoms with Gasteiger partial charge in [0.05, 0.1) is 11.4 Å². The first-order valence-electron chi connectivity index (χ1n) is 5.56. The molecule has 0 aliphatic heterocycles. The van der Waals surface area contributed by atoms with E-state index in [2.05, 4.69) is 5.32 Å². The van der Waals surface area contributed by atoms with E-state index in [9.17, 15) is 9.59 Å². The van der Waals surface area contributed by atoms with E-state index in [1.807, 2.05) is 0 Å². The van der Waals surface area contributed by atoms with Crippen LogP contribution in [0.4, 0.5) is 16.2 Å². The number of nitrogens with zero attached hydrogens (tertiary/aromatic N) is 1. The van der Waals surface area contributed by atoms with Crippen LogP contribution in [0.2, 0.25) is 0 Å². The Morgan fingerprint density at radius 2 is 2.00 bits per heavy atom. The van der Waals surface area contributed by atoms with Crippen LogP contribution in [-0.4, -0.2) is 29.7 Å². The number of nitrogen functional groups attached to an aromatic ring is 1. The summed E-state index contributed by atoms with van der Waals surface area (Å²) >= 11 is 0. The smallest absolute Gasteiger partial charge is 0.323 e. The summed E-state index contributed by atoms with van der Waals surface area (Å²) in [5.74, 6) is -1.10. The number of carboxylic acids is 1. The van der Waals surface area contributed by atoms with Gasteiger partial charge >= 0.3 is 12.0 Å². The Balaban J connectivity index is 3.02. The molecule has 1 rings (SSSR count). The molecule has 18 heavy (non-hydrogen) atoms. The van der Waals surface area contributed by atoms with Gasteiger partial charge in [-0.15, -0.1) is 0 Å². The molecule has 0 radical (unpaired) electrons. The van der Waals surface area contributed by atoms with E-state index in [4.69, 9.17) is 10.8 Å². The zero-order chi connectivity index (χ0) is 13.7. The first kappa shape index (κ1) is 13.8. The highest BCUT2D eigenvalue weighted by molar-refractivity contribution is 5.98. The molecule has 4 N–H and O–H groups in total. The average Bonchev–Trinajstić information content (AvgIpc) is 2.25. The van der Waals surface area contributed by atoms with Gasteiger partial charge in [-0.25, -0.2) is 4.79 Å². The van der Waals surface area contributed by atoms with Crippen molar-refractivity contribution < 1.29 is 14.7 Å². The second-order valence-corrected chi connectivity index (χ2v) is 4.14. The zero-order valence-electron chi connectivity index (χ0n) is 10.4. The van der Waals surface area contributed by atoms with Gasteiger partial charge in [0.15, 0.2) is 0 Å². The van der Waals surface area contributed by atoms with E-state index < -0.39 is 18.5 Å². The average molecular weight is 251 g/mol. The highest BCUT2D eigenvalue weighted by Crippen LogP contribution is 2.22. The van der Waals surface area contributed by atoms with Crippen LogP contribution in [0.3, 0.4) is 0 Å². The standard InChI is InChI=1S/C12H17N3O3/c1-8(2)14-12(18)15(7-11(16)17)10-6-4-3-5-9(10)13/h3-6,8H,7,13H2,1-2H3,(H,14,18)(H,16,17). The molecule has 2 amide bonds. The van der Waals surface area contributed by atoms with E-state index in [-0.39, 0.29) is 6.04 Å². The third-order valence-corrected chi connectivity index (χ3v) is 2.18. The van der Waals surface area contributed by atoms with Crippen molar-refractivity contribution in [3.05, 3.63) is 24.3 Å². The van der Waals surface area contributed by atoms with Crippen molar-refractivity contribution in [1.82, 2.24) is 5.32 Å². The molecular weight excluding hydrogens is 234 g/mol. The quantitative estimate of drug-likeness (QED) is 0.702. The molecule has 0 heterocycles. The Labute approximate surface area is 105 Å². The molecule has 1 aromatic carbocycles. The maximum absolute atomic E-state index is 11.9. The van der Waals surface area contributed by atoms with Crippen LogP contribution < -0.4 is 16.0 Å². The van der Waals surface area contributed by atoms with Gasteiger partial charge < -0.3 is 16.2 Å². The SMILES string of the molecule is CC(C)NC(=O)N(CC(=O)O)c1ccccc1N. The van der Waals surface area contributed by atoms with Gasteiger partial charge in [0.2, 0.25) is 0 Å². The molecule has 0 aromatic heterocycles. The molecule has 0 fully saturated rings. The minimum absolute atomic E-state index is 0.0845. The lowest BCUT2D eigenvalue weighted by Crippen LogP contribution is -2.45. The topological polar surface area (TPSA) is 95.7 Å². The number of nitrogens with one attached hydrogen (secondary N) is 1. The first-order chi connectivity index (χ1) is 8.41. The van der Waals surface area contributed by atoms with E-state index >= 15 is 0 Å². The summed E-state index contributed by atoms with van der Waals surface area (Å²) in [6, 6.07) is 6.08. The lowest BCUT2D eigenvalue weighted by atomic mass is 10.2. The Hall–Kier alpha value is -2.24. The van der Waals surface area contributed by atoms with Crippen molar-refractivity contribution in [2.45, 2.75) is 19.9 Å². The number of aliphatic carboxylic acids is 1. The van der Waals surface area contributed by atoms with Crippen molar-refractivity contribution in [1.29, 1.82) is 0 Å². The third-order valence-electron chi connectivity index (χ3n) is 2.18. The molecule has 0 unspecified atom stereocenters. The highest BCUT2D eigenvalue weighted by Gasteiger charge is 2.20. The molecule has 1 aromatic rings. The fourth-order valence-corrected chi connectivity index (χ4v) is 1.46. The highest BCUT2D eigenvalue weighted by atomic mass is 16.4. The molecule has 6 nitrogen and oxygen atoms in total. The Morgan fingerprint density at radius 1 is 1.39 bits per heavy atom. The van der Waals surface area contributed by atoms with Crippen LogP contribution in [0, 0.1) is 0 Å². The number of nitrogens with two attached hydrogens (primary N) is 1. The monoisotopic (exact) mass is 251 g/mol. The minimum atomic E-state index is -1.10. The number of anilines is 2. The van der Waals surface area contributed by atoms with Gasteiger partial charge in [0, 0.05) is 6.04 Å². The molecule has 0 spiro atoms. The van der Waals surface area contributed by atoms with Gasteiger partial charge in [0.25, 0.3) is 0 Å². The summed E-state index contributed by atoms with van der Waals surface area (Å²) in [6.07, 6.45) is 0. The molecule has 6 heteroatoms. The van der Waals surface area contributed by atoms with Crippen LogP contribution >= 0.6 is 0 Å². The number of hydrogen-bond acceptors (Lipinski definition) is 3. The molecule has 0 saturated heterocycles. The minimum Gasteiger partial charge on any atom is -0.480 e. The normalized spacial score (nSPS) is 10.2. The predicted octanol–water partition coefficient (Wildman–Crippen LogP) is 1.28. The molecular formula is C12H17N3O3. The Bertz CT molecular complexity index is 446. The van der Waals surface area contributed by atoms with Gasteiger partial charge in [-0.3, -0.25) is 9.69 Å². The fraction of sp³-hybridized carbons (Fsp3) is 0.333. The predicted molar refractivity (Wildman–Crippen MR) is 69.5 cm³/mol. The van der Waals surface area contributed by atoms with Crippen molar-refractivity contribution in [2.24, 2.45) is 0 Å². The number of carboxylic acid groups (broad SMARTS) is 1. The molecule has 0 saturated carbocycles. The molecule has 0 aliphatic rings. The molecule has 98 valence electrons. The summed E-state index contributed by atoms with van der Waals surface area (Å²) < 4.78 is 0. The number of carbonyl (C=O) groups is 2. The van der Waals surface area contributed by atoms with E-state index in [1.165, 1.54) is 0 Å². The Kier molecular flexibility index (Phi) is 4.53. The van der Waals surface area contributed by atoms with Crippen molar-refractivity contribution in [3.63, 3.8) is 0 Å². The van der Waals surface area contributed by atoms with Crippen LogP contribution in [0.15, 0.2) is 24.3 Å². The number of benzene rings is 1. The summed E-state index contributed by atoms with van der Waals surface area (Å²) in [5, 5.41) is 11.5. The number of amides is 2. The van der Waals surface area contributed by atoms with Crippen molar-refractivity contribution in [2.75, 3.05) is 17.2 Å². The number of rotatable bonds is 4. The first-order valence-corrected chi connectivity index (χ1v) is 5.56. The van der Waals surface area contributed by atoms with Gasteiger partial charge in [-0.2, -0.15) is 0 Å². The van der Waals surface area contributed by atoms with Crippen LogP contribution in [0.25, 0.3) is 0 Å². The second kappa shape index (κ2) is 5.90. The number of carbonyl (C=O) groups excluding carboxylic acids is 1. The summed E-state index contributed by atoms with van der Waals surface area (Å²) in [5.41, 5.74) is 6.50. The van der Waals surface area contributed by atoms with Crippen LogP contribution in [-0.2, 0) is 4.79 Å².